The molecule has 100 valence electrons. The molecule has 0 saturated heterocycles. The van der Waals surface area contributed by atoms with Gasteiger partial charge in [0.05, 0.1) is 0 Å². The van der Waals surface area contributed by atoms with E-state index in [4.69, 9.17) is 14.9 Å². The van der Waals surface area contributed by atoms with Crippen LogP contribution in [0.4, 0.5) is 4.79 Å². The predicted octanol–water partition coefficient (Wildman–Crippen LogP) is -0.452. The second-order valence-electron chi connectivity index (χ2n) is 3.38. The van der Waals surface area contributed by atoms with E-state index < -0.39 is 12.1 Å². The number of aliphatic hydroxyl groups is 1. The van der Waals surface area contributed by atoms with E-state index in [2.05, 4.69) is 10.6 Å². The van der Waals surface area contributed by atoms with Gasteiger partial charge in [0.2, 0.25) is 0 Å². The molecule has 1 atom stereocenters. The average Bonchev–Trinajstić information content (AvgIpc) is 2.28. The fraction of sp³-hybridized carbons (Fsp3) is 0.800. The molecule has 2 amide bonds. The maximum atomic E-state index is 11.1. The van der Waals surface area contributed by atoms with Crippen molar-refractivity contribution >= 4 is 12.0 Å². The van der Waals surface area contributed by atoms with Crippen LogP contribution in [-0.2, 0) is 9.53 Å². The maximum absolute atomic E-state index is 11.1. The van der Waals surface area contributed by atoms with Crippen molar-refractivity contribution in [2.45, 2.75) is 25.9 Å². The Balaban J connectivity index is 3.38. The molecule has 0 aromatic rings. The number of aliphatic carboxylic acids is 1. The molecule has 7 nitrogen and oxygen atoms in total. The van der Waals surface area contributed by atoms with Crippen LogP contribution in [0, 0.1) is 0 Å². The van der Waals surface area contributed by atoms with Gasteiger partial charge in [-0.2, -0.15) is 0 Å². The van der Waals surface area contributed by atoms with E-state index >= 15 is 0 Å². The Morgan fingerprint density at radius 2 is 1.94 bits per heavy atom. The van der Waals surface area contributed by atoms with Crippen LogP contribution in [0.15, 0.2) is 0 Å². The highest BCUT2D eigenvalue weighted by atomic mass is 16.5. The summed E-state index contributed by atoms with van der Waals surface area (Å²) >= 11 is 0. The van der Waals surface area contributed by atoms with Crippen molar-refractivity contribution < 1.29 is 24.5 Å². The number of carboxylic acids is 1. The summed E-state index contributed by atoms with van der Waals surface area (Å²) in [5.74, 6) is -1.29. The maximum Gasteiger partial charge on any atom is 0.332 e. The number of carboxylic acid groups (broad SMARTS) is 1. The Kier molecular flexibility index (Phi) is 9.08. The van der Waals surface area contributed by atoms with Gasteiger partial charge >= 0.3 is 12.0 Å². The predicted molar refractivity (Wildman–Crippen MR) is 60.8 cm³/mol. The Hall–Kier alpha value is -1.34. The molecule has 0 aromatic carbocycles. The van der Waals surface area contributed by atoms with Crippen molar-refractivity contribution in [2.75, 3.05) is 26.3 Å². The van der Waals surface area contributed by atoms with Gasteiger partial charge in [-0.15, -0.1) is 0 Å². The molecule has 0 heterocycles. The Morgan fingerprint density at radius 1 is 1.29 bits per heavy atom. The molecule has 0 aliphatic rings. The number of urea groups is 1. The van der Waals surface area contributed by atoms with E-state index in [9.17, 15) is 9.59 Å². The summed E-state index contributed by atoms with van der Waals surface area (Å²) in [7, 11) is 0. The highest BCUT2D eigenvalue weighted by Crippen LogP contribution is 1.89. The Bertz CT molecular complexity index is 235. The first-order valence-corrected chi connectivity index (χ1v) is 5.58. The summed E-state index contributed by atoms with van der Waals surface area (Å²) in [6.07, 6.45) is -0.728. The molecule has 4 N–H and O–H groups in total. The summed E-state index contributed by atoms with van der Waals surface area (Å²) in [6, 6.07) is -0.376. The second kappa shape index (κ2) is 9.86. The lowest BCUT2D eigenvalue weighted by Gasteiger charge is -2.08. The van der Waals surface area contributed by atoms with Gasteiger partial charge in [-0.25, -0.2) is 9.59 Å². The third-order valence-corrected chi connectivity index (χ3v) is 1.94. The number of carbonyl (C=O) groups is 2. The largest absolute Gasteiger partial charge is 0.479 e. The number of amides is 2. The van der Waals surface area contributed by atoms with Gasteiger partial charge < -0.3 is 25.6 Å². The minimum absolute atomic E-state index is 0.0122. The topological polar surface area (TPSA) is 108 Å². The van der Waals surface area contributed by atoms with Gasteiger partial charge in [-0.3, -0.25) is 0 Å². The van der Waals surface area contributed by atoms with Gasteiger partial charge in [-0.1, -0.05) is 0 Å². The number of nitrogens with one attached hydrogen (secondary N) is 2. The van der Waals surface area contributed by atoms with Crippen molar-refractivity contribution in [3.8, 4) is 0 Å². The number of aliphatic hydroxyl groups excluding tert-OH is 1. The third kappa shape index (κ3) is 9.58. The van der Waals surface area contributed by atoms with Crippen molar-refractivity contribution in [2.24, 2.45) is 0 Å². The van der Waals surface area contributed by atoms with E-state index in [-0.39, 0.29) is 19.0 Å². The van der Waals surface area contributed by atoms with Crippen molar-refractivity contribution in [3.05, 3.63) is 0 Å². The summed E-state index contributed by atoms with van der Waals surface area (Å²) in [6.45, 7) is 3.75. The van der Waals surface area contributed by atoms with Crippen molar-refractivity contribution in [1.82, 2.24) is 10.6 Å². The molecule has 0 saturated carbocycles. The first kappa shape index (κ1) is 15.7. The average molecular weight is 248 g/mol. The summed E-state index contributed by atoms with van der Waals surface area (Å²) in [5.41, 5.74) is 0. The molecule has 0 aliphatic heterocycles. The molecule has 0 spiro atoms. The van der Waals surface area contributed by atoms with Crippen LogP contribution in [0.25, 0.3) is 0 Å². The van der Waals surface area contributed by atoms with E-state index in [0.717, 1.165) is 6.42 Å². The van der Waals surface area contributed by atoms with E-state index in [1.54, 1.807) is 0 Å². The first-order valence-electron chi connectivity index (χ1n) is 5.58. The van der Waals surface area contributed by atoms with Crippen molar-refractivity contribution in [3.63, 3.8) is 0 Å². The molecule has 0 fully saturated rings. The first-order chi connectivity index (χ1) is 8.07. The molecule has 0 aliphatic carbocycles. The fourth-order valence-electron chi connectivity index (χ4n) is 1.03. The van der Waals surface area contributed by atoms with E-state index in [1.165, 1.54) is 0 Å². The fourth-order valence-corrected chi connectivity index (χ4v) is 1.03. The Morgan fingerprint density at radius 3 is 2.53 bits per heavy atom. The van der Waals surface area contributed by atoms with Crippen LogP contribution in [-0.4, -0.2) is 54.6 Å². The van der Waals surface area contributed by atoms with Gasteiger partial charge in [0, 0.05) is 32.7 Å². The number of rotatable bonds is 9. The minimum atomic E-state index is -1.44. The van der Waals surface area contributed by atoms with Crippen LogP contribution in [0.3, 0.4) is 0 Å². The molecule has 1 unspecified atom stereocenters. The normalized spacial score (nSPS) is 11.9. The molecule has 0 rings (SSSR count). The molecule has 0 bridgehead atoms. The zero-order chi connectivity index (χ0) is 13.1. The molecule has 17 heavy (non-hydrogen) atoms. The summed E-state index contributed by atoms with van der Waals surface area (Å²) in [4.78, 5) is 21.4. The number of hydrogen-bond donors (Lipinski definition) is 4. The molecule has 0 aromatic heterocycles. The van der Waals surface area contributed by atoms with E-state index in [0.29, 0.717) is 19.8 Å². The van der Waals surface area contributed by atoms with Crippen LogP contribution in [0.2, 0.25) is 0 Å². The minimum Gasteiger partial charge on any atom is -0.479 e. The van der Waals surface area contributed by atoms with Crippen LogP contribution >= 0.6 is 0 Å². The highest BCUT2D eigenvalue weighted by Gasteiger charge is 2.12. The standard InChI is InChI=1S/C10H20N2O5/c1-2-17-7-3-5-11-10(16)12-6-4-8(13)9(14)15/h8,13H,2-7H2,1H3,(H,14,15)(H2,11,12,16). The van der Waals surface area contributed by atoms with Crippen LogP contribution in [0.1, 0.15) is 19.8 Å². The Labute approximate surface area is 100 Å². The number of hydrogen-bond acceptors (Lipinski definition) is 4. The third-order valence-electron chi connectivity index (χ3n) is 1.94. The monoisotopic (exact) mass is 248 g/mol. The smallest absolute Gasteiger partial charge is 0.332 e. The zero-order valence-corrected chi connectivity index (χ0v) is 9.94. The van der Waals surface area contributed by atoms with Crippen LogP contribution in [0.5, 0.6) is 0 Å². The van der Waals surface area contributed by atoms with Gasteiger partial charge in [0.15, 0.2) is 6.10 Å². The lowest BCUT2D eigenvalue weighted by atomic mass is 10.2. The van der Waals surface area contributed by atoms with Gasteiger partial charge in [-0.05, 0) is 13.3 Å². The van der Waals surface area contributed by atoms with Gasteiger partial charge in [0.25, 0.3) is 0 Å². The van der Waals surface area contributed by atoms with Crippen molar-refractivity contribution in [1.29, 1.82) is 0 Å². The molecule has 0 radical (unpaired) electrons. The lowest BCUT2D eigenvalue weighted by Crippen LogP contribution is -2.38. The zero-order valence-electron chi connectivity index (χ0n) is 9.94. The molecule has 7 heteroatoms. The SMILES string of the molecule is CCOCCCNC(=O)NCCC(O)C(=O)O. The quantitative estimate of drug-likeness (QED) is 0.413. The lowest BCUT2D eigenvalue weighted by molar-refractivity contribution is -0.146. The number of ether oxygens (including phenoxy) is 1. The van der Waals surface area contributed by atoms with Crippen LogP contribution < -0.4 is 10.6 Å². The van der Waals surface area contributed by atoms with Gasteiger partial charge in [0.1, 0.15) is 0 Å². The highest BCUT2D eigenvalue weighted by molar-refractivity contribution is 5.74. The number of carbonyl (C=O) groups excluding carboxylic acids is 1. The summed E-state index contributed by atoms with van der Waals surface area (Å²) in [5, 5.41) is 22.3. The second-order valence-corrected chi connectivity index (χ2v) is 3.38. The summed E-state index contributed by atoms with van der Waals surface area (Å²) < 4.78 is 5.08. The van der Waals surface area contributed by atoms with E-state index in [1.807, 2.05) is 6.92 Å². The molecular formula is C10H20N2O5. The molecular weight excluding hydrogens is 228 g/mol.